The zero-order chi connectivity index (χ0) is 14.1. The minimum Gasteiger partial charge on any atom is -0.481 e. The van der Waals surface area contributed by atoms with E-state index in [1.807, 2.05) is 4.90 Å². The van der Waals surface area contributed by atoms with Crippen LogP contribution in [0.2, 0.25) is 0 Å². The number of nitrogens with zero attached hydrogens (tertiary/aromatic N) is 3. The molecule has 6 heteroatoms. The van der Waals surface area contributed by atoms with Crippen molar-refractivity contribution in [3.63, 3.8) is 0 Å². The zero-order valence-electron chi connectivity index (χ0n) is 11.8. The van der Waals surface area contributed by atoms with Gasteiger partial charge in [-0.2, -0.15) is 0 Å². The Kier molecular flexibility index (Phi) is 3.83. The number of amides is 2. The van der Waals surface area contributed by atoms with Crippen LogP contribution < -0.4 is 0 Å². The minimum absolute atomic E-state index is 0.111. The standard InChI is InChI=1S/C14H23N3O3/c18-13(19)7-11-8-17(9-11)14(20)16-6-2-5-15-4-1-3-12(15)10-16/h11-12H,1-10H2,(H,18,19). The minimum atomic E-state index is -0.765. The number of carbonyl (C=O) groups is 2. The highest BCUT2D eigenvalue weighted by Crippen LogP contribution is 2.25. The second-order valence-corrected chi connectivity index (χ2v) is 6.28. The first kappa shape index (κ1) is 13.7. The van der Waals surface area contributed by atoms with Crippen molar-refractivity contribution in [3.8, 4) is 0 Å². The fourth-order valence-electron chi connectivity index (χ4n) is 3.68. The summed E-state index contributed by atoms with van der Waals surface area (Å²) >= 11 is 0. The first-order valence-electron chi connectivity index (χ1n) is 7.63. The molecular formula is C14H23N3O3. The average Bonchev–Trinajstić information content (AvgIpc) is 2.69. The molecule has 0 aromatic carbocycles. The molecular weight excluding hydrogens is 258 g/mol. The predicted molar refractivity (Wildman–Crippen MR) is 73.5 cm³/mol. The molecule has 3 heterocycles. The van der Waals surface area contributed by atoms with Gasteiger partial charge in [-0.05, 0) is 25.8 Å². The molecule has 112 valence electrons. The topological polar surface area (TPSA) is 64.1 Å². The lowest BCUT2D eigenvalue weighted by Crippen LogP contribution is -2.56. The monoisotopic (exact) mass is 281 g/mol. The molecule has 3 saturated heterocycles. The van der Waals surface area contributed by atoms with Crippen LogP contribution in [0.3, 0.4) is 0 Å². The van der Waals surface area contributed by atoms with Crippen molar-refractivity contribution < 1.29 is 14.7 Å². The molecule has 0 aliphatic carbocycles. The van der Waals surface area contributed by atoms with Gasteiger partial charge in [-0.3, -0.25) is 9.69 Å². The molecule has 1 atom stereocenters. The van der Waals surface area contributed by atoms with Gasteiger partial charge in [-0.25, -0.2) is 4.79 Å². The zero-order valence-corrected chi connectivity index (χ0v) is 11.8. The Morgan fingerprint density at radius 3 is 2.50 bits per heavy atom. The Bertz CT molecular complexity index is 395. The number of likely N-dealkylation sites (tertiary alicyclic amines) is 1. The van der Waals surface area contributed by atoms with Crippen molar-refractivity contribution >= 4 is 12.0 Å². The first-order valence-corrected chi connectivity index (χ1v) is 7.63. The summed E-state index contributed by atoms with van der Waals surface area (Å²) in [5.74, 6) is -0.620. The molecule has 1 N–H and O–H groups in total. The summed E-state index contributed by atoms with van der Waals surface area (Å²) in [7, 11) is 0. The molecule has 0 bridgehead atoms. The van der Waals surface area contributed by atoms with Crippen LogP contribution in [0.1, 0.15) is 25.7 Å². The van der Waals surface area contributed by atoms with Crippen molar-refractivity contribution in [2.75, 3.05) is 39.3 Å². The van der Waals surface area contributed by atoms with E-state index in [2.05, 4.69) is 4.90 Å². The highest BCUT2D eigenvalue weighted by molar-refractivity contribution is 5.76. The van der Waals surface area contributed by atoms with Crippen LogP contribution in [0.4, 0.5) is 4.79 Å². The molecule has 0 aromatic heterocycles. The molecule has 20 heavy (non-hydrogen) atoms. The third-order valence-corrected chi connectivity index (χ3v) is 4.77. The first-order chi connectivity index (χ1) is 9.63. The van der Waals surface area contributed by atoms with Crippen molar-refractivity contribution in [3.05, 3.63) is 0 Å². The molecule has 0 aromatic rings. The van der Waals surface area contributed by atoms with Gasteiger partial charge in [0.05, 0.1) is 6.42 Å². The van der Waals surface area contributed by atoms with Gasteiger partial charge < -0.3 is 14.9 Å². The van der Waals surface area contributed by atoms with E-state index in [0.717, 1.165) is 26.1 Å². The van der Waals surface area contributed by atoms with Gasteiger partial charge in [0, 0.05) is 44.7 Å². The smallest absolute Gasteiger partial charge is 0.320 e. The summed E-state index contributed by atoms with van der Waals surface area (Å²) in [6.07, 6.45) is 3.68. The SMILES string of the molecule is O=C(O)CC1CN(C(=O)N2CCCN3CCCC3C2)C1. The number of aliphatic carboxylic acids is 1. The molecule has 3 aliphatic rings. The van der Waals surface area contributed by atoms with Gasteiger partial charge in [0.25, 0.3) is 0 Å². The van der Waals surface area contributed by atoms with Gasteiger partial charge in [0.15, 0.2) is 0 Å². The molecule has 3 rings (SSSR count). The van der Waals surface area contributed by atoms with Crippen molar-refractivity contribution in [2.45, 2.75) is 31.7 Å². The summed E-state index contributed by atoms with van der Waals surface area (Å²) in [5, 5.41) is 8.74. The van der Waals surface area contributed by atoms with Crippen LogP contribution in [-0.2, 0) is 4.79 Å². The van der Waals surface area contributed by atoms with E-state index in [1.165, 1.54) is 19.4 Å². The molecule has 0 radical (unpaired) electrons. The van der Waals surface area contributed by atoms with Crippen LogP contribution in [0, 0.1) is 5.92 Å². The van der Waals surface area contributed by atoms with Crippen LogP contribution in [0.25, 0.3) is 0 Å². The number of carboxylic acids is 1. The Morgan fingerprint density at radius 2 is 1.75 bits per heavy atom. The predicted octanol–water partition coefficient (Wildman–Crippen LogP) is 0.683. The summed E-state index contributed by atoms with van der Waals surface area (Å²) in [5.41, 5.74) is 0. The fourth-order valence-corrected chi connectivity index (χ4v) is 3.68. The van der Waals surface area contributed by atoms with Gasteiger partial charge in [0.2, 0.25) is 0 Å². The highest BCUT2D eigenvalue weighted by Gasteiger charge is 2.37. The number of fused-ring (bicyclic) bond motifs is 1. The van der Waals surface area contributed by atoms with Gasteiger partial charge in [-0.15, -0.1) is 0 Å². The Balaban J connectivity index is 1.51. The van der Waals surface area contributed by atoms with E-state index in [1.54, 1.807) is 4.90 Å². The number of rotatable bonds is 2. The maximum Gasteiger partial charge on any atom is 0.320 e. The van der Waals surface area contributed by atoms with Crippen LogP contribution in [0.5, 0.6) is 0 Å². The quantitative estimate of drug-likeness (QED) is 0.808. The maximum absolute atomic E-state index is 12.4. The van der Waals surface area contributed by atoms with E-state index >= 15 is 0 Å². The highest BCUT2D eigenvalue weighted by atomic mass is 16.4. The number of hydrogen-bond acceptors (Lipinski definition) is 3. The largest absolute Gasteiger partial charge is 0.481 e. The average molecular weight is 281 g/mol. The van der Waals surface area contributed by atoms with Crippen LogP contribution in [0.15, 0.2) is 0 Å². The summed E-state index contributed by atoms with van der Waals surface area (Å²) in [6.45, 7) is 5.18. The van der Waals surface area contributed by atoms with Gasteiger partial charge >= 0.3 is 12.0 Å². The molecule has 1 unspecified atom stereocenters. The fraction of sp³-hybridized carbons (Fsp3) is 0.857. The van der Waals surface area contributed by atoms with E-state index in [4.69, 9.17) is 5.11 Å². The van der Waals surface area contributed by atoms with E-state index in [0.29, 0.717) is 19.1 Å². The molecule has 0 saturated carbocycles. The van der Waals surface area contributed by atoms with Gasteiger partial charge in [-0.1, -0.05) is 0 Å². The number of urea groups is 1. The lowest BCUT2D eigenvalue weighted by atomic mass is 9.97. The molecule has 0 spiro atoms. The number of carboxylic acid groups (broad SMARTS) is 1. The summed E-state index contributed by atoms with van der Waals surface area (Å²) < 4.78 is 0. The van der Waals surface area contributed by atoms with E-state index in [-0.39, 0.29) is 18.4 Å². The second-order valence-electron chi connectivity index (χ2n) is 6.28. The Labute approximate surface area is 119 Å². The van der Waals surface area contributed by atoms with Crippen molar-refractivity contribution in [2.24, 2.45) is 5.92 Å². The lowest BCUT2D eigenvalue weighted by Gasteiger charge is -2.41. The van der Waals surface area contributed by atoms with E-state index in [9.17, 15) is 9.59 Å². The Hall–Kier alpha value is -1.30. The van der Waals surface area contributed by atoms with Crippen LogP contribution in [-0.4, -0.2) is 77.1 Å². The van der Waals surface area contributed by atoms with Crippen LogP contribution >= 0.6 is 0 Å². The number of hydrogen-bond donors (Lipinski definition) is 1. The summed E-state index contributed by atoms with van der Waals surface area (Å²) in [6, 6.07) is 0.651. The lowest BCUT2D eigenvalue weighted by molar-refractivity contribution is -0.139. The van der Waals surface area contributed by atoms with Gasteiger partial charge in [0.1, 0.15) is 0 Å². The molecule has 3 aliphatic heterocycles. The summed E-state index contributed by atoms with van der Waals surface area (Å²) in [4.78, 5) is 29.4. The molecule has 6 nitrogen and oxygen atoms in total. The Morgan fingerprint density at radius 1 is 1.00 bits per heavy atom. The number of carbonyl (C=O) groups excluding carboxylic acids is 1. The second kappa shape index (κ2) is 5.60. The van der Waals surface area contributed by atoms with Crippen molar-refractivity contribution in [1.29, 1.82) is 0 Å². The van der Waals surface area contributed by atoms with Crippen molar-refractivity contribution in [1.82, 2.24) is 14.7 Å². The molecule has 3 fully saturated rings. The molecule has 2 amide bonds. The maximum atomic E-state index is 12.4. The third-order valence-electron chi connectivity index (χ3n) is 4.77. The van der Waals surface area contributed by atoms with E-state index < -0.39 is 5.97 Å². The third kappa shape index (κ3) is 2.75. The normalized spacial score (nSPS) is 27.9.